The van der Waals surface area contributed by atoms with Crippen LogP contribution in [0.4, 0.5) is 13.2 Å². The number of carbonyl (C=O) groups excluding carboxylic acids is 1. The number of amides is 1. The Balaban J connectivity index is 1.59. The summed E-state index contributed by atoms with van der Waals surface area (Å²) < 4.78 is 71.7. The number of nitrogens with zero attached hydrogens (tertiary/aromatic N) is 2. The summed E-state index contributed by atoms with van der Waals surface area (Å²) in [7, 11) is -3.88. The lowest BCUT2D eigenvalue weighted by molar-refractivity contribution is -0.149. The lowest BCUT2D eigenvalue weighted by Gasteiger charge is -2.34. The number of rotatable bonds is 9. The Hall–Kier alpha value is -2.47. The maximum absolute atomic E-state index is 13.3. The second-order valence-electron chi connectivity index (χ2n) is 7.78. The molecule has 2 aromatic rings. The predicted octanol–water partition coefficient (Wildman–Crippen LogP) is 3.61. The molecule has 1 heterocycles. The average molecular weight is 487 g/mol. The molecule has 1 fully saturated rings. The van der Waals surface area contributed by atoms with Gasteiger partial charge in [-0.05, 0) is 36.1 Å². The normalized spacial score (nSPS) is 17.0. The van der Waals surface area contributed by atoms with Crippen molar-refractivity contribution in [3.63, 3.8) is 0 Å². The van der Waals surface area contributed by atoms with Crippen LogP contribution in [0.25, 0.3) is 0 Å². The minimum atomic E-state index is -4.39. The van der Waals surface area contributed by atoms with Crippen molar-refractivity contribution in [3.8, 4) is 0 Å². The van der Waals surface area contributed by atoms with E-state index in [1.165, 1.54) is 16.4 Å². The molecule has 1 unspecified atom stereocenters. The number of benzene rings is 2. The molecule has 1 aliphatic heterocycles. The van der Waals surface area contributed by atoms with E-state index in [4.69, 9.17) is 4.74 Å². The van der Waals surface area contributed by atoms with Gasteiger partial charge in [0.25, 0.3) is 0 Å². The number of hydrogen-bond donors (Lipinski definition) is 1. The molecule has 1 N–H and O–H groups in total. The van der Waals surface area contributed by atoms with Gasteiger partial charge in [0.05, 0.1) is 24.8 Å². The molecule has 0 radical (unpaired) electrons. The minimum Gasteiger partial charge on any atom is -0.373 e. The zero-order chi connectivity index (χ0) is 24.1. The topological polar surface area (TPSA) is 87.2 Å². The van der Waals surface area contributed by atoms with E-state index in [1.807, 2.05) is 0 Å². The Kier molecular flexibility index (Phi) is 8.11. The van der Waals surface area contributed by atoms with Crippen molar-refractivity contribution in [2.24, 2.45) is 0 Å². The lowest BCUT2D eigenvalue weighted by Crippen LogP contribution is -2.44. The van der Waals surface area contributed by atoms with Crippen LogP contribution in [0.1, 0.15) is 34.8 Å². The van der Waals surface area contributed by atoms with Crippen molar-refractivity contribution in [2.75, 3.05) is 19.6 Å². The summed E-state index contributed by atoms with van der Waals surface area (Å²) in [5, 5.41) is 8.82. The Morgan fingerprint density at radius 3 is 2.24 bits per heavy atom. The summed E-state index contributed by atoms with van der Waals surface area (Å²) in [5.74, 6) is 0. The Labute approximate surface area is 190 Å². The van der Waals surface area contributed by atoms with Gasteiger partial charge in [0.2, 0.25) is 16.4 Å². The second-order valence-corrected chi connectivity index (χ2v) is 9.89. The zero-order valence-corrected chi connectivity index (χ0v) is 18.5. The van der Waals surface area contributed by atoms with E-state index in [0.717, 1.165) is 12.1 Å². The van der Waals surface area contributed by atoms with Gasteiger partial charge in [0.15, 0.2) is 0 Å². The number of hydroxylamine groups is 2. The van der Waals surface area contributed by atoms with Gasteiger partial charge in [-0.1, -0.05) is 42.5 Å². The molecular formula is C22H25F3N2O5S. The molecule has 1 aliphatic rings. The molecule has 0 aromatic heterocycles. The fourth-order valence-corrected chi connectivity index (χ4v) is 5.61. The van der Waals surface area contributed by atoms with Crippen molar-refractivity contribution in [2.45, 2.75) is 37.0 Å². The molecule has 1 amide bonds. The van der Waals surface area contributed by atoms with Gasteiger partial charge >= 0.3 is 6.18 Å². The molecule has 1 atom stereocenters. The molecular weight excluding hydrogens is 461 g/mol. The zero-order valence-electron chi connectivity index (χ0n) is 17.7. The van der Waals surface area contributed by atoms with E-state index < -0.39 is 33.6 Å². The number of alkyl halides is 3. The monoisotopic (exact) mass is 486 g/mol. The summed E-state index contributed by atoms with van der Waals surface area (Å²) in [5.41, 5.74) is 0.326. The Morgan fingerprint density at radius 2 is 1.70 bits per heavy atom. The van der Waals surface area contributed by atoms with Crippen LogP contribution in [0.15, 0.2) is 54.6 Å². The molecule has 33 heavy (non-hydrogen) atoms. The molecule has 3 rings (SSSR count). The first kappa shape index (κ1) is 25.2. The van der Waals surface area contributed by atoms with Crippen molar-refractivity contribution in [1.29, 1.82) is 0 Å². The van der Waals surface area contributed by atoms with E-state index in [0.29, 0.717) is 29.0 Å². The van der Waals surface area contributed by atoms with Crippen LogP contribution in [0.5, 0.6) is 0 Å². The van der Waals surface area contributed by atoms with Crippen LogP contribution >= 0.6 is 0 Å². The lowest BCUT2D eigenvalue weighted by atomic mass is 10.1. The second kappa shape index (κ2) is 10.6. The van der Waals surface area contributed by atoms with Gasteiger partial charge in [-0.15, -0.1) is 0 Å². The van der Waals surface area contributed by atoms with Crippen molar-refractivity contribution in [1.82, 2.24) is 9.37 Å². The van der Waals surface area contributed by atoms with Crippen LogP contribution in [0.3, 0.4) is 0 Å². The van der Waals surface area contributed by atoms with Gasteiger partial charge < -0.3 is 4.74 Å². The molecule has 0 saturated carbocycles. The molecule has 0 bridgehead atoms. The molecule has 11 heteroatoms. The van der Waals surface area contributed by atoms with E-state index in [-0.39, 0.29) is 32.2 Å². The third kappa shape index (κ3) is 6.53. The van der Waals surface area contributed by atoms with Gasteiger partial charge in [0, 0.05) is 13.1 Å². The van der Waals surface area contributed by atoms with E-state index in [9.17, 15) is 31.6 Å². The number of carbonyl (C=O) groups is 1. The van der Waals surface area contributed by atoms with E-state index in [2.05, 4.69) is 0 Å². The number of halogens is 3. The maximum atomic E-state index is 13.3. The molecule has 180 valence electrons. The first-order valence-corrected chi connectivity index (χ1v) is 11.8. The molecule has 0 spiro atoms. The fraction of sp³-hybridized carbons (Fsp3) is 0.409. The Bertz CT molecular complexity index is 1010. The SMILES string of the molecule is O=CN(O)CC(c1ccccc1)S(=O)(=O)N1CCC(OCc2ccc(C(F)(F)F)cc2)CC1. The quantitative estimate of drug-likeness (QED) is 0.333. The van der Waals surface area contributed by atoms with Crippen LogP contribution in [0.2, 0.25) is 0 Å². The van der Waals surface area contributed by atoms with Gasteiger partial charge in [0.1, 0.15) is 5.25 Å². The van der Waals surface area contributed by atoms with Crippen LogP contribution < -0.4 is 0 Å². The van der Waals surface area contributed by atoms with E-state index in [1.54, 1.807) is 30.3 Å². The van der Waals surface area contributed by atoms with Crippen LogP contribution in [-0.4, -0.2) is 55.1 Å². The van der Waals surface area contributed by atoms with E-state index >= 15 is 0 Å². The summed E-state index contributed by atoms with van der Waals surface area (Å²) >= 11 is 0. The average Bonchev–Trinajstić information content (AvgIpc) is 2.81. The molecule has 7 nitrogen and oxygen atoms in total. The molecule has 0 aliphatic carbocycles. The fourth-order valence-electron chi connectivity index (χ4n) is 3.69. The minimum absolute atomic E-state index is 0.126. The highest BCUT2D eigenvalue weighted by atomic mass is 32.2. The summed E-state index contributed by atoms with van der Waals surface area (Å²) in [6.07, 6.45) is -3.64. The number of sulfonamides is 1. The third-order valence-corrected chi connectivity index (χ3v) is 7.76. The highest BCUT2D eigenvalue weighted by Gasteiger charge is 2.37. The van der Waals surface area contributed by atoms with Gasteiger partial charge in [-0.2, -0.15) is 13.2 Å². The van der Waals surface area contributed by atoms with Crippen LogP contribution in [-0.2, 0) is 32.3 Å². The third-order valence-electron chi connectivity index (χ3n) is 5.53. The first-order chi connectivity index (χ1) is 15.6. The maximum Gasteiger partial charge on any atom is 0.416 e. The summed E-state index contributed by atoms with van der Waals surface area (Å²) in [4.78, 5) is 10.9. The number of hydrogen-bond acceptors (Lipinski definition) is 5. The van der Waals surface area contributed by atoms with Crippen molar-refractivity contribution < 1.29 is 36.3 Å². The van der Waals surface area contributed by atoms with Crippen LogP contribution in [0, 0.1) is 0 Å². The largest absolute Gasteiger partial charge is 0.416 e. The number of ether oxygens (including phenoxy) is 1. The number of piperidine rings is 1. The van der Waals surface area contributed by atoms with Gasteiger partial charge in [-0.25, -0.2) is 17.8 Å². The summed E-state index contributed by atoms with van der Waals surface area (Å²) in [6, 6.07) is 13.1. The Morgan fingerprint density at radius 1 is 1.09 bits per heavy atom. The molecule has 1 saturated heterocycles. The summed E-state index contributed by atoms with van der Waals surface area (Å²) in [6.45, 7) is 0.104. The first-order valence-electron chi connectivity index (χ1n) is 10.3. The highest BCUT2D eigenvalue weighted by molar-refractivity contribution is 7.89. The van der Waals surface area contributed by atoms with Gasteiger partial charge in [-0.3, -0.25) is 10.0 Å². The van der Waals surface area contributed by atoms with Crippen molar-refractivity contribution >= 4 is 16.4 Å². The molecule has 2 aromatic carbocycles. The standard InChI is InChI=1S/C22H25F3N2O5S/c23-22(24,25)19-8-6-17(7-9-19)15-32-20-10-12-27(13-11-20)33(30,31)21(14-26(29)16-28)18-4-2-1-3-5-18/h1-9,16,20-21,29H,10-15H2. The highest BCUT2D eigenvalue weighted by Crippen LogP contribution is 2.31. The smallest absolute Gasteiger partial charge is 0.373 e. The predicted molar refractivity (Wildman–Crippen MR) is 113 cm³/mol. The van der Waals surface area contributed by atoms with Crippen molar-refractivity contribution in [3.05, 3.63) is 71.3 Å².